The summed E-state index contributed by atoms with van der Waals surface area (Å²) < 4.78 is 43.9. The standard InChI is InChI=1S/C25H26F3NO2.C2H2O4/c26-25(27,28)22-13-11-19(12-14-22)15-16-29-17-23(30)18-31-24(20-7-3-1-4-8-20)21-9-5-2-6-10-21;3-1(4)2(5)6/h1-14,23-24,29-30H,15-18H2;(H,3,4)(H,5,6). The van der Waals surface area contributed by atoms with Gasteiger partial charge in [-0.05, 0) is 41.8 Å². The van der Waals surface area contributed by atoms with E-state index >= 15 is 0 Å². The van der Waals surface area contributed by atoms with Crippen LogP contribution in [0.1, 0.15) is 28.4 Å². The Hall–Kier alpha value is -3.73. The Morgan fingerprint density at radius 2 is 1.30 bits per heavy atom. The molecule has 0 saturated carbocycles. The average molecular weight is 520 g/mol. The number of aliphatic carboxylic acids is 2. The van der Waals surface area contributed by atoms with Gasteiger partial charge in [0.15, 0.2) is 0 Å². The molecule has 0 aromatic heterocycles. The molecule has 0 amide bonds. The molecule has 37 heavy (non-hydrogen) atoms. The molecule has 0 heterocycles. The van der Waals surface area contributed by atoms with E-state index in [1.54, 1.807) is 0 Å². The van der Waals surface area contributed by atoms with E-state index in [4.69, 9.17) is 24.5 Å². The van der Waals surface area contributed by atoms with E-state index in [0.29, 0.717) is 19.5 Å². The Morgan fingerprint density at radius 3 is 1.73 bits per heavy atom. The molecule has 0 radical (unpaired) electrons. The van der Waals surface area contributed by atoms with Crippen molar-refractivity contribution in [2.24, 2.45) is 0 Å². The minimum Gasteiger partial charge on any atom is -0.473 e. The van der Waals surface area contributed by atoms with Crippen molar-refractivity contribution in [3.8, 4) is 0 Å². The number of rotatable bonds is 10. The molecule has 4 N–H and O–H groups in total. The maximum atomic E-state index is 12.6. The Morgan fingerprint density at radius 1 is 0.811 bits per heavy atom. The van der Waals surface area contributed by atoms with Gasteiger partial charge in [0.1, 0.15) is 6.10 Å². The lowest BCUT2D eigenvalue weighted by Gasteiger charge is -2.21. The summed E-state index contributed by atoms with van der Waals surface area (Å²) in [7, 11) is 0. The van der Waals surface area contributed by atoms with Crippen LogP contribution in [0.3, 0.4) is 0 Å². The van der Waals surface area contributed by atoms with Crippen molar-refractivity contribution >= 4 is 11.9 Å². The highest BCUT2D eigenvalue weighted by Gasteiger charge is 2.29. The monoisotopic (exact) mass is 519 g/mol. The summed E-state index contributed by atoms with van der Waals surface area (Å²) in [6.07, 6.45) is -4.73. The molecule has 3 aromatic rings. The molecule has 0 saturated heterocycles. The first-order valence-electron chi connectivity index (χ1n) is 11.3. The zero-order chi connectivity index (χ0) is 27.3. The molecule has 10 heteroatoms. The average Bonchev–Trinajstić information content (AvgIpc) is 2.88. The Kier molecular flexibility index (Phi) is 11.8. The SMILES string of the molecule is O=C(O)C(=O)O.OC(CNCCc1ccc(C(F)(F)F)cc1)COC(c1ccccc1)c1ccccc1. The van der Waals surface area contributed by atoms with Crippen molar-refractivity contribution in [3.05, 3.63) is 107 Å². The molecule has 3 aromatic carbocycles. The molecule has 0 aliphatic heterocycles. The van der Waals surface area contributed by atoms with Crippen molar-refractivity contribution in [1.82, 2.24) is 5.32 Å². The third-order valence-corrected chi connectivity index (χ3v) is 5.09. The summed E-state index contributed by atoms with van der Waals surface area (Å²) in [5.41, 5.74) is 2.18. The molecule has 0 aliphatic rings. The highest BCUT2D eigenvalue weighted by atomic mass is 19.4. The lowest BCUT2D eigenvalue weighted by Crippen LogP contribution is -2.32. The maximum Gasteiger partial charge on any atom is 0.416 e. The van der Waals surface area contributed by atoms with Gasteiger partial charge in [-0.3, -0.25) is 0 Å². The van der Waals surface area contributed by atoms with Crippen LogP contribution < -0.4 is 5.32 Å². The van der Waals surface area contributed by atoms with Gasteiger partial charge in [-0.15, -0.1) is 0 Å². The zero-order valence-electron chi connectivity index (χ0n) is 19.8. The van der Waals surface area contributed by atoms with Crippen LogP contribution in [0.5, 0.6) is 0 Å². The van der Waals surface area contributed by atoms with Gasteiger partial charge in [-0.1, -0.05) is 72.8 Å². The van der Waals surface area contributed by atoms with Gasteiger partial charge in [0.2, 0.25) is 0 Å². The van der Waals surface area contributed by atoms with E-state index in [0.717, 1.165) is 28.8 Å². The second kappa shape index (κ2) is 14.7. The molecule has 7 nitrogen and oxygen atoms in total. The Balaban J connectivity index is 0.000000717. The van der Waals surface area contributed by atoms with Gasteiger partial charge in [0, 0.05) is 6.54 Å². The van der Waals surface area contributed by atoms with Gasteiger partial charge in [-0.25, -0.2) is 9.59 Å². The molecular formula is C27H28F3NO6. The molecule has 1 atom stereocenters. The van der Waals surface area contributed by atoms with Crippen molar-refractivity contribution in [3.63, 3.8) is 0 Å². The number of nitrogens with one attached hydrogen (secondary N) is 1. The summed E-state index contributed by atoms with van der Waals surface area (Å²) in [6, 6.07) is 24.8. The number of carbonyl (C=O) groups is 2. The summed E-state index contributed by atoms with van der Waals surface area (Å²) in [5, 5.41) is 28.2. The maximum absolute atomic E-state index is 12.6. The van der Waals surface area contributed by atoms with E-state index in [2.05, 4.69) is 5.32 Å². The summed E-state index contributed by atoms with van der Waals surface area (Å²) >= 11 is 0. The van der Waals surface area contributed by atoms with Crippen LogP contribution in [0, 0.1) is 0 Å². The summed E-state index contributed by atoms with van der Waals surface area (Å²) in [6.45, 7) is 1.03. The number of benzene rings is 3. The van der Waals surface area contributed by atoms with Crippen molar-refractivity contribution < 1.29 is 42.8 Å². The predicted octanol–water partition coefficient (Wildman–Crippen LogP) is 4.16. The van der Waals surface area contributed by atoms with E-state index < -0.39 is 29.8 Å². The van der Waals surface area contributed by atoms with Gasteiger partial charge in [-0.2, -0.15) is 13.2 Å². The van der Waals surface area contributed by atoms with Crippen LogP contribution >= 0.6 is 0 Å². The van der Waals surface area contributed by atoms with Crippen LogP contribution in [-0.4, -0.2) is 53.1 Å². The zero-order valence-corrected chi connectivity index (χ0v) is 19.8. The third kappa shape index (κ3) is 10.8. The van der Waals surface area contributed by atoms with Gasteiger partial charge < -0.3 is 25.4 Å². The molecular weight excluding hydrogens is 491 g/mol. The van der Waals surface area contributed by atoms with Crippen LogP contribution in [0.15, 0.2) is 84.9 Å². The first-order chi connectivity index (χ1) is 17.6. The van der Waals surface area contributed by atoms with Crippen molar-refractivity contribution in [1.29, 1.82) is 0 Å². The number of hydrogen-bond acceptors (Lipinski definition) is 5. The lowest BCUT2D eigenvalue weighted by molar-refractivity contribution is -0.159. The summed E-state index contributed by atoms with van der Waals surface area (Å²) in [4.78, 5) is 18.2. The van der Waals surface area contributed by atoms with E-state index in [9.17, 15) is 18.3 Å². The highest BCUT2D eigenvalue weighted by molar-refractivity contribution is 6.27. The lowest BCUT2D eigenvalue weighted by atomic mass is 10.0. The van der Waals surface area contributed by atoms with Gasteiger partial charge >= 0.3 is 18.1 Å². The van der Waals surface area contributed by atoms with Crippen molar-refractivity contribution in [2.45, 2.75) is 24.8 Å². The van der Waals surface area contributed by atoms with E-state index in [1.165, 1.54) is 12.1 Å². The number of aliphatic hydroxyl groups is 1. The van der Waals surface area contributed by atoms with Crippen LogP contribution in [0.2, 0.25) is 0 Å². The Labute approximate surface area is 212 Å². The van der Waals surface area contributed by atoms with Crippen molar-refractivity contribution in [2.75, 3.05) is 19.7 Å². The highest BCUT2D eigenvalue weighted by Crippen LogP contribution is 2.29. The van der Waals surface area contributed by atoms with E-state index in [-0.39, 0.29) is 12.7 Å². The molecule has 0 aliphatic carbocycles. The second-order valence-corrected chi connectivity index (χ2v) is 7.95. The number of hydrogen-bond donors (Lipinski definition) is 4. The number of aliphatic hydroxyl groups excluding tert-OH is 1. The largest absolute Gasteiger partial charge is 0.473 e. The number of ether oxygens (including phenoxy) is 1. The molecule has 198 valence electrons. The summed E-state index contributed by atoms with van der Waals surface area (Å²) in [5.74, 6) is -3.65. The number of carboxylic acid groups (broad SMARTS) is 2. The second-order valence-electron chi connectivity index (χ2n) is 7.95. The quantitative estimate of drug-likeness (QED) is 0.235. The van der Waals surface area contributed by atoms with Crippen LogP contribution in [-0.2, 0) is 26.9 Å². The predicted molar refractivity (Wildman–Crippen MR) is 130 cm³/mol. The first-order valence-corrected chi connectivity index (χ1v) is 11.3. The fourth-order valence-electron chi connectivity index (χ4n) is 3.27. The smallest absolute Gasteiger partial charge is 0.416 e. The third-order valence-electron chi connectivity index (χ3n) is 5.09. The molecule has 0 bridgehead atoms. The first kappa shape index (κ1) is 29.5. The number of halogens is 3. The normalized spacial score (nSPS) is 11.9. The van der Waals surface area contributed by atoms with Crippen LogP contribution in [0.25, 0.3) is 0 Å². The fraction of sp³-hybridized carbons (Fsp3) is 0.259. The fourth-order valence-corrected chi connectivity index (χ4v) is 3.27. The number of carboxylic acids is 2. The Bertz CT molecular complexity index is 1040. The number of alkyl halides is 3. The topological polar surface area (TPSA) is 116 Å². The van der Waals surface area contributed by atoms with Gasteiger partial charge in [0.25, 0.3) is 0 Å². The minimum atomic E-state index is -4.32. The molecule has 0 fully saturated rings. The molecule has 1 unspecified atom stereocenters. The molecule has 0 spiro atoms. The minimum absolute atomic E-state index is 0.154. The molecule has 3 rings (SSSR count). The van der Waals surface area contributed by atoms with Gasteiger partial charge in [0.05, 0.1) is 18.3 Å². The van der Waals surface area contributed by atoms with Crippen LogP contribution in [0.4, 0.5) is 13.2 Å². The van der Waals surface area contributed by atoms with E-state index in [1.807, 2.05) is 60.7 Å².